The summed E-state index contributed by atoms with van der Waals surface area (Å²) in [5.74, 6) is 2.25. The molecule has 0 nitrogen and oxygen atoms in total. The number of hydrogen-bond acceptors (Lipinski definition) is 0. The Balaban J connectivity index is -0.00000000567. The molecule has 0 radical (unpaired) electrons. The van der Waals surface area contributed by atoms with E-state index < -0.39 is 0 Å². The Morgan fingerprint density at radius 1 is 1.25 bits per heavy atom. The summed E-state index contributed by atoms with van der Waals surface area (Å²) in [4.78, 5) is 0. The van der Waals surface area contributed by atoms with Crippen LogP contribution in [0, 0.1) is 56.3 Å². The predicted octanol–water partition coefficient (Wildman–Crippen LogP) is 2.12. The first kappa shape index (κ1) is 41.8. The average molecular weight is 335 g/mol. The Bertz CT molecular complexity index is 47.1. The Hall–Kier alpha value is 0.172. The summed E-state index contributed by atoms with van der Waals surface area (Å²) in [6.45, 7) is 1.65. The van der Waals surface area contributed by atoms with Crippen LogP contribution in [0.5, 0.6) is 0 Å². The third kappa shape index (κ3) is 5580. The summed E-state index contributed by atoms with van der Waals surface area (Å²) in [5.41, 5.74) is 0. The van der Waals surface area contributed by atoms with Gasteiger partial charge >= 0.3 is 0 Å². The van der Waals surface area contributed by atoms with Crippen LogP contribution in [0.3, 0.4) is 0 Å². The summed E-state index contributed by atoms with van der Waals surface area (Å²) in [6, 6.07) is 0. The van der Waals surface area contributed by atoms with Crippen molar-refractivity contribution in [3.8, 4) is 18.8 Å². The molecule has 0 aromatic heterocycles. The second kappa shape index (κ2) is 199. The molecular weight excluding hydrogens is 322 g/mol. The van der Waals surface area contributed by atoms with Gasteiger partial charge in [-0.2, -0.15) is 0 Å². The Labute approximate surface area is 77.8 Å². The molecule has 0 aliphatic heterocycles. The maximum Gasteiger partial charge on any atom is 0 e. The van der Waals surface area contributed by atoms with Crippen LogP contribution in [0.1, 0.15) is 21.8 Å². The molecule has 0 aliphatic rings. The first-order valence-corrected chi connectivity index (χ1v) is 1.08. The normalized spacial score (nSPS) is 1.25. The van der Waals surface area contributed by atoms with Crippen molar-refractivity contribution in [2.45, 2.75) is 21.8 Å². The minimum absolute atomic E-state index is 0. The summed E-state index contributed by atoms with van der Waals surface area (Å²) in [7, 11) is 0. The van der Waals surface area contributed by atoms with Gasteiger partial charge in [-0.25, -0.2) is 0 Å². The van der Waals surface area contributed by atoms with Crippen LogP contribution >= 0.6 is 0 Å². The van der Waals surface area contributed by atoms with Crippen molar-refractivity contribution < 1.29 is 31.1 Å². The third-order valence-electron chi connectivity index (χ3n) is 0. The fourth-order valence-electron chi connectivity index (χ4n) is 0. The molecule has 0 rings (SSSR count). The fourth-order valence-corrected chi connectivity index (χ4v) is 0. The van der Waals surface area contributed by atoms with Crippen molar-refractivity contribution in [2.24, 2.45) is 0 Å². The van der Waals surface area contributed by atoms with Gasteiger partial charge in [0.15, 0.2) is 0 Å². The molecule has 46 valence electrons. The smallest absolute Gasteiger partial charge is 0 e. The van der Waals surface area contributed by atoms with E-state index in [9.17, 15) is 0 Å². The number of terminal acetylenes is 2. The molecule has 0 saturated heterocycles. The molecule has 0 aromatic carbocycles. The molecule has 0 amide bonds. The van der Waals surface area contributed by atoms with E-state index in [1.807, 2.05) is 0 Å². The van der Waals surface area contributed by atoms with E-state index >= 15 is 0 Å². The maximum atomic E-state index is 5.25. The second-order valence-corrected chi connectivity index (χ2v) is 0.289. The van der Waals surface area contributed by atoms with Crippen molar-refractivity contribution in [1.29, 1.82) is 0 Å². The van der Waals surface area contributed by atoms with Gasteiger partial charge in [-0.15, -0.1) is 12.3 Å². The van der Waals surface area contributed by atoms with E-state index in [0.29, 0.717) is 0 Å². The molecule has 0 spiro atoms. The minimum atomic E-state index is 0. The molecule has 0 heterocycles. The van der Waals surface area contributed by atoms with Crippen LogP contribution in [-0.2, 0) is 0 Å². The van der Waals surface area contributed by atoms with E-state index in [4.69, 9.17) is 6.42 Å². The van der Waals surface area contributed by atoms with Gasteiger partial charge in [0, 0.05) is 31.1 Å². The van der Waals surface area contributed by atoms with Gasteiger partial charge in [-0.05, 0) is 6.92 Å². The van der Waals surface area contributed by atoms with E-state index in [2.05, 4.69) is 18.8 Å². The Morgan fingerprint density at radius 2 is 1.25 bits per heavy atom. The summed E-state index contributed by atoms with van der Waals surface area (Å²) in [6.07, 6.45) is 13.6. The van der Waals surface area contributed by atoms with Crippen LogP contribution in [0.2, 0.25) is 0 Å². The van der Waals surface area contributed by atoms with Crippen LogP contribution in [0.4, 0.5) is 0 Å². The van der Waals surface area contributed by atoms with Crippen molar-refractivity contribution in [1.82, 2.24) is 0 Å². The Morgan fingerprint density at radius 3 is 1.25 bits per heavy atom. The zero-order valence-corrected chi connectivity index (χ0v) is 7.82. The first-order chi connectivity index (χ1) is 2.41. The molecule has 0 atom stereocenters. The van der Waals surface area contributed by atoms with Gasteiger partial charge in [0.05, 0.1) is 0 Å². The third-order valence-corrected chi connectivity index (χ3v) is 0. The monoisotopic (exact) mass is 335 g/mol. The topological polar surface area (TPSA) is 0 Å². The summed E-state index contributed by atoms with van der Waals surface area (Å²) >= 11 is 0. The van der Waals surface area contributed by atoms with E-state index in [1.54, 1.807) is 6.92 Å². The van der Waals surface area contributed by atoms with Crippen molar-refractivity contribution in [3.63, 3.8) is 0 Å². The molecule has 0 bridgehead atoms. The molecule has 0 unspecified atom stereocenters. The summed E-state index contributed by atoms with van der Waals surface area (Å²) < 4.78 is 0. The van der Waals surface area contributed by atoms with Gasteiger partial charge in [0.2, 0.25) is 0 Å². The largest absolute Gasteiger partial charge is 0.697 e. The second-order valence-electron chi connectivity index (χ2n) is 0.289. The molecule has 0 N–H and O–H groups in total. The molecule has 1 heteroatoms. The van der Waals surface area contributed by atoms with Crippen LogP contribution in [-0.4, -0.2) is 0 Å². The molecular formula is C7H13U-. The van der Waals surface area contributed by atoms with Gasteiger partial charge in [0.1, 0.15) is 0 Å². The SMILES string of the molecule is C.C.C#CC.[C-]#C.[U]. The first-order valence-electron chi connectivity index (χ1n) is 1.08. The standard InChI is InChI=1S/C3H4.C2H.2CH4.U/c1-3-2;1-2;;;/h1H,2H3;1H;2*1H4;/q;-1;;;. The van der Waals surface area contributed by atoms with E-state index in [-0.39, 0.29) is 46.0 Å². The molecule has 8 heavy (non-hydrogen) atoms. The van der Waals surface area contributed by atoms with Gasteiger partial charge in [-0.3, -0.25) is 0 Å². The maximum absolute atomic E-state index is 5.25. The van der Waals surface area contributed by atoms with E-state index in [0.717, 1.165) is 0 Å². The zero-order chi connectivity index (χ0) is 4.71. The fraction of sp³-hybridized carbons (Fsp3) is 0.429. The van der Waals surface area contributed by atoms with E-state index in [1.165, 1.54) is 0 Å². The van der Waals surface area contributed by atoms with Crippen molar-refractivity contribution in [3.05, 3.63) is 6.42 Å². The summed E-state index contributed by atoms with van der Waals surface area (Å²) in [5, 5.41) is 0. The van der Waals surface area contributed by atoms with Gasteiger partial charge in [0.25, 0.3) is 0 Å². The molecule has 0 fully saturated rings. The van der Waals surface area contributed by atoms with Crippen LogP contribution < -0.4 is 0 Å². The minimum Gasteiger partial charge on any atom is -0.697 e. The Kier molecular flexibility index (Phi) is 1040. The zero-order valence-electron chi connectivity index (χ0n) is 3.65. The van der Waals surface area contributed by atoms with Crippen LogP contribution in [0.25, 0.3) is 0 Å². The average Bonchev–Trinajstić information content (AvgIpc) is 1.46. The van der Waals surface area contributed by atoms with Crippen LogP contribution in [0.15, 0.2) is 0 Å². The molecule has 0 aromatic rings. The molecule has 0 aliphatic carbocycles. The van der Waals surface area contributed by atoms with Gasteiger partial charge in [-0.1, -0.05) is 14.9 Å². The van der Waals surface area contributed by atoms with Crippen molar-refractivity contribution >= 4 is 0 Å². The predicted molar refractivity (Wildman–Crippen MR) is 36.2 cm³/mol. The number of hydrogen-bond donors (Lipinski definition) is 0. The number of rotatable bonds is 0. The van der Waals surface area contributed by atoms with Crippen molar-refractivity contribution in [2.75, 3.05) is 0 Å². The quantitative estimate of drug-likeness (QED) is 0.470. The molecule has 0 saturated carbocycles. The van der Waals surface area contributed by atoms with Gasteiger partial charge < -0.3 is 12.8 Å².